The summed E-state index contributed by atoms with van der Waals surface area (Å²) in [6.07, 6.45) is 5.93. The fourth-order valence-corrected chi connectivity index (χ4v) is 8.65. The van der Waals surface area contributed by atoms with E-state index in [1.54, 1.807) is 0 Å². The van der Waals surface area contributed by atoms with E-state index in [4.69, 9.17) is 19.4 Å². The van der Waals surface area contributed by atoms with Gasteiger partial charge in [-0.15, -0.1) is 0 Å². The monoisotopic (exact) mass is 656 g/mol. The van der Waals surface area contributed by atoms with Crippen LogP contribution in [-0.4, -0.2) is 15.0 Å². The molecule has 5 nitrogen and oxygen atoms in total. The summed E-state index contributed by atoms with van der Waals surface area (Å²) in [5, 5.41) is 11.8. The summed E-state index contributed by atoms with van der Waals surface area (Å²) in [5.41, 5.74) is 12.8. The fraction of sp³-hybridized carbons (Fsp3) is 0.130. The summed E-state index contributed by atoms with van der Waals surface area (Å²) >= 11 is 0. The van der Waals surface area contributed by atoms with Crippen LogP contribution in [0.4, 0.5) is 0 Å². The molecule has 10 rings (SSSR count). The Labute approximate surface area is 295 Å². The molecular formula is C46H32N4O. The molecule has 0 aliphatic heterocycles. The van der Waals surface area contributed by atoms with Crippen molar-refractivity contribution in [2.45, 2.75) is 37.5 Å². The van der Waals surface area contributed by atoms with E-state index in [0.29, 0.717) is 17.5 Å². The fourth-order valence-electron chi connectivity index (χ4n) is 8.65. The Morgan fingerprint density at radius 1 is 0.529 bits per heavy atom. The third-order valence-electron chi connectivity index (χ3n) is 11.0. The van der Waals surface area contributed by atoms with Gasteiger partial charge in [0.15, 0.2) is 17.5 Å². The van der Waals surface area contributed by atoms with Gasteiger partial charge in [0.05, 0.1) is 11.6 Å². The van der Waals surface area contributed by atoms with Gasteiger partial charge in [-0.1, -0.05) is 128 Å². The van der Waals surface area contributed by atoms with Crippen molar-refractivity contribution in [3.63, 3.8) is 0 Å². The van der Waals surface area contributed by atoms with E-state index < -0.39 is 0 Å². The van der Waals surface area contributed by atoms with Crippen molar-refractivity contribution in [2.75, 3.05) is 0 Å². The average Bonchev–Trinajstić information content (AvgIpc) is 3.71. The maximum absolute atomic E-state index is 9.80. The summed E-state index contributed by atoms with van der Waals surface area (Å²) in [6, 6.07) is 48.3. The Kier molecular flexibility index (Phi) is 6.72. The lowest BCUT2D eigenvalue weighted by Gasteiger charge is -2.36. The highest BCUT2D eigenvalue weighted by Crippen LogP contribution is 2.58. The van der Waals surface area contributed by atoms with Gasteiger partial charge in [0, 0.05) is 32.9 Å². The molecule has 5 heteroatoms. The van der Waals surface area contributed by atoms with Gasteiger partial charge >= 0.3 is 0 Å². The van der Waals surface area contributed by atoms with Crippen LogP contribution in [0, 0.1) is 11.3 Å². The molecular weight excluding hydrogens is 625 g/mol. The lowest BCUT2D eigenvalue weighted by molar-refractivity contribution is 0.353. The zero-order chi connectivity index (χ0) is 33.9. The molecule has 0 radical (unpaired) electrons. The highest BCUT2D eigenvalue weighted by molar-refractivity contribution is 6.11. The second-order valence-corrected chi connectivity index (χ2v) is 13.8. The maximum Gasteiger partial charge on any atom is 0.164 e. The van der Waals surface area contributed by atoms with Crippen molar-refractivity contribution in [3.8, 4) is 62.5 Å². The van der Waals surface area contributed by atoms with E-state index in [9.17, 15) is 5.26 Å². The van der Waals surface area contributed by atoms with Crippen LogP contribution in [0.2, 0.25) is 0 Å². The molecule has 51 heavy (non-hydrogen) atoms. The summed E-state index contributed by atoms with van der Waals surface area (Å²) < 4.78 is 6.22. The van der Waals surface area contributed by atoms with Crippen LogP contribution < -0.4 is 0 Å². The van der Waals surface area contributed by atoms with Crippen LogP contribution in [-0.2, 0) is 5.41 Å². The van der Waals surface area contributed by atoms with Crippen LogP contribution in [0.25, 0.3) is 78.4 Å². The van der Waals surface area contributed by atoms with Crippen LogP contribution in [0.15, 0.2) is 138 Å². The number of benzene rings is 6. The normalized spacial score (nSPS) is 14.4. The van der Waals surface area contributed by atoms with E-state index in [1.165, 1.54) is 47.1 Å². The van der Waals surface area contributed by atoms with E-state index >= 15 is 0 Å². The molecule has 1 fully saturated rings. The number of fused-ring (bicyclic) bond motifs is 8. The predicted molar refractivity (Wildman–Crippen MR) is 203 cm³/mol. The molecule has 0 unspecified atom stereocenters. The van der Waals surface area contributed by atoms with Crippen molar-refractivity contribution in [1.29, 1.82) is 5.26 Å². The molecule has 2 aromatic heterocycles. The number of nitriles is 1. The lowest BCUT2D eigenvalue weighted by Crippen LogP contribution is -2.28. The third kappa shape index (κ3) is 4.64. The molecule has 0 N–H and O–H groups in total. The summed E-state index contributed by atoms with van der Waals surface area (Å²) in [4.78, 5) is 15.2. The topological polar surface area (TPSA) is 75.6 Å². The third-order valence-corrected chi connectivity index (χ3v) is 11.0. The molecule has 1 spiro atoms. The summed E-state index contributed by atoms with van der Waals surface area (Å²) in [6.45, 7) is 0. The second-order valence-electron chi connectivity index (χ2n) is 13.8. The van der Waals surface area contributed by atoms with Crippen molar-refractivity contribution >= 4 is 21.9 Å². The summed E-state index contributed by atoms with van der Waals surface area (Å²) in [5.74, 6) is 1.84. The molecule has 2 aliphatic rings. The van der Waals surface area contributed by atoms with Gasteiger partial charge in [-0.2, -0.15) is 5.26 Å². The molecule has 2 aliphatic carbocycles. The average molecular weight is 657 g/mol. The predicted octanol–water partition coefficient (Wildman–Crippen LogP) is 11.5. The van der Waals surface area contributed by atoms with Crippen LogP contribution in [0.1, 0.15) is 48.8 Å². The smallest absolute Gasteiger partial charge is 0.164 e. The van der Waals surface area contributed by atoms with E-state index in [0.717, 1.165) is 62.6 Å². The van der Waals surface area contributed by atoms with Gasteiger partial charge < -0.3 is 4.42 Å². The van der Waals surface area contributed by atoms with Gasteiger partial charge in [-0.3, -0.25) is 0 Å². The van der Waals surface area contributed by atoms with E-state index in [1.807, 2.05) is 66.7 Å². The minimum Gasteiger partial charge on any atom is -0.456 e. The molecule has 0 bridgehead atoms. The zero-order valence-corrected chi connectivity index (χ0v) is 27.9. The van der Waals surface area contributed by atoms with Gasteiger partial charge in [-0.25, -0.2) is 15.0 Å². The molecule has 0 saturated heterocycles. The Morgan fingerprint density at radius 3 is 2.00 bits per heavy atom. The van der Waals surface area contributed by atoms with Crippen molar-refractivity contribution < 1.29 is 4.42 Å². The number of nitrogens with zero attached hydrogens (tertiary/aromatic N) is 4. The van der Waals surface area contributed by atoms with Gasteiger partial charge in [0.2, 0.25) is 0 Å². The lowest BCUT2D eigenvalue weighted by atomic mass is 9.67. The van der Waals surface area contributed by atoms with Crippen LogP contribution >= 0.6 is 0 Å². The second kappa shape index (κ2) is 11.6. The number of rotatable bonds is 4. The van der Waals surface area contributed by atoms with E-state index in [-0.39, 0.29) is 5.41 Å². The first-order valence-corrected chi connectivity index (χ1v) is 17.7. The molecule has 8 aromatic rings. The standard InChI is InChI=1S/C46H32N4O/c47-28-29-19-24-34-38(27-29)46(25-7-2-8-26-46)37-16-9-14-33(41(34)37)30-20-22-32(23-21-30)44-48-43(31-11-3-1-4-12-31)49-45(50-44)36-15-10-18-40-42(36)35-13-5-6-17-39(35)51-40/h1,3-6,9-24,27H,2,7-8,25-26H2. The Hall–Kier alpha value is -6.38. The zero-order valence-electron chi connectivity index (χ0n) is 27.9. The van der Waals surface area contributed by atoms with Gasteiger partial charge in [0.25, 0.3) is 0 Å². The molecule has 2 heterocycles. The number of furan rings is 1. The number of aromatic nitrogens is 3. The molecule has 242 valence electrons. The summed E-state index contributed by atoms with van der Waals surface area (Å²) in [7, 11) is 0. The maximum atomic E-state index is 9.80. The Balaban J connectivity index is 1.11. The Morgan fingerprint density at radius 2 is 1.20 bits per heavy atom. The first-order chi connectivity index (χ1) is 25.2. The first kappa shape index (κ1) is 29.5. The number of para-hydroxylation sites is 1. The largest absolute Gasteiger partial charge is 0.456 e. The Bertz CT molecular complexity index is 2680. The van der Waals surface area contributed by atoms with Gasteiger partial charge in [0.1, 0.15) is 11.2 Å². The molecule has 1 saturated carbocycles. The van der Waals surface area contributed by atoms with Crippen molar-refractivity contribution in [3.05, 3.63) is 150 Å². The highest BCUT2D eigenvalue weighted by Gasteiger charge is 2.44. The van der Waals surface area contributed by atoms with Crippen LogP contribution in [0.3, 0.4) is 0 Å². The van der Waals surface area contributed by atoms with Crippen LogP contribution in [0.5, 0.6) is 0 Å². The van der Waals surface area contributed by atoms with Crippen molar-refractivity contribution in [1.82, 2.24) is 15.0 Å². The van der Waals surface area contributed by atoms with Gasteiger partial charge in [-0.05, 0) is 70.5 Å². The molecule has 0 amide bonds. The minimum atomic E-state index is -0.0238. The van der Waals surface area contributed by atoms with E-state index in [2.05, 4.69) is 72.8 Å². The number of hydrogen-bond acceptors (Lipinski definition) is 5. The molecule has 6 aromatic carbocycles. The number of hydrogen-bond donors (Lipinski definition) is 0. The highest BCUT2D eigenvalue weighted by atomic mass is 16.3. The SMILES string of the molecule is N#Cc1ccc2c(c1)C1(CCCCC1)c1cccc(-c3ccc(-c4nc(-c5ccccc5)nc(-c5cccc6oc7ccccc7c56)n4)cc3)c1-2. The molecule has 0 atom stereocenters. The first-order valence-electron chi connectivity index (χ1n) is 17.7. The van der Waals surface area contributed by atoms with Crippen molar-refractivity contribution in [2.24, 2.45) is 0 Å². The quantitative estimate of drug-likeness (QED) is 0.188. The minimum absolute atomic E-state index is 0.0238.